The van der Waals surface area contributed by atoms with Crippen LogP contribution in [0, 0.1) is 0 Å². The van der Waals surface area contributed by atoms with Gasteiger partial charge in [0.25, 0.3) is 0 Å². The number of rotatable bonds is 3. The van der Waals surface area contributed by atoms with Crippen LogP contribution in [-0.4, -0.2) is 57.2 Å². The van der Waals surface area contributed by atoms with E-state index in [0.29, 0.717) is 0 Å². The van der Waals surface area contributed by atoms with Gasteiger partial charge in [0.15, 0.2) is 9.84 Å². The van der Waals surface area contributed by atoms with Crippen LogP contribution in [0.5, 0.6) is 0 Å². The highest BCUT2D eigenvalue weighted by Gasteiger charge is 2.38. The molecule has 0 amide bonds. The van der Waals surface area contributed by atoms with Gasteiger partial charge in [0, 0.05) is 12.3 Å². The third kappa shape index (κ3) is 3.17. The molecule has 1 aliphatic heterocycles. The number of aliphatic imine (C=N–C) groups is 1. The standard InChI is InChI=1S/C13H18N2O2S/c1-15(2)13-10-18(16,17)9-12(13)14-8-11-6-4-3-5-7-11/h3-8,12-13H,9-10H2,1-2H3/t12-,13-/m1/s1. The maximum absolute atomic E-state index is 11.7. The van der Waals surface area contributed by atoms with Gasteiger partial charge >= 0.3 is 0 Å². The highest BCUT2D eigenvalue weighted by Crippen LogP contribution is 2.19. The van der Waals surface area contributed by atoms with Gasteiger partial charge in [-0.3, -0.25) is 4.99 Å². The van der Waals surface area contributed by atoms with Crippen LogP contribution in [0.4, 0.5) is 0 Å². The minimum Gasteiger partial charge on any atom is -0.303 e. The van der Waals surface area contributed by atoms with Crippen LogP contribution in [0.3, 0.4) is 0 Å². The Morgan fingerprint density at radius 1 is 1.22 bits per heavy atom. The molecule has 1 heterocycles. The molecule has 4 nitrogen and oxygen atoms in total. The lowest BCUT2D eigenvalue weighted by Gasteiger charge is -2.21. The normalized spacial score (nSPS) is 27.1. The predicted molar refractivity (Wildman–Crippen MR) is 74.0 cm³/mol. The fraction of sp³-hybridized carbons (Fsp3) is 0.462. The Bertz CT molecular complexity index is 523. The van der Waals surface area contributed by atoms with Gasteiger partial charge in [-0.05, 0) is 19.7 Å². The molecule has 0 aliphatic carbocycles. The van der Waals surface area contributed by atoms with Crippen LogP contribution in [0.1, 0.15) is 5.56 Å². The van der Waals surface area contributed by atoms with Gasteiger partial charge in [0.05, 0.1) is 17.5 Å². The lowest BCUT2D eigenvalue weighted by Crippen LogP contribution is -2.37. The zero-order chi connectivity index (χ0) is 13.2. The maximum Gasteiger partial charge on any atom is 0.154 e. The lowest BCUT2D eigenvalue weighted by atomic mass is 10.1. The van der Waals surface area contributed by atoms with E-state index < -0.39 is 9.84 Å². The number of hydrogen-bond donors (Lipinski definition) is 0. The fourth-order valence-electron chi connectivity index (χ4n) is 2.17. The summed E-state index contributed by atoms with van der Waals surface area (Å²) < 4.78 is 23.3. The van der Waals surface area contributed by atoms with Gasteiger partial charge in [-0.1, -0.05) is 30.3 Å². The highest BCUT2D eigenvalue weighted by molar-refractivity contribution is 7.91. The Balaban J connectivity index is 2.15. The summed E-state index contributed by atoms with van der Waals surface area (Å²) >= 11 is 0. The topological polar surface area (TPSA) is 49.7 Å². The van der Waals surface area contributed by atoms with Crippen molar-refractivity contribution in [3.8, 4) is 0 Å². The van der Waals surface area contributed by atoms with E-state index in [1.54, 1.807) is 6.21 Å². The van der Waals surface area contributed by atoms with Crippen molar-refractivity contribution in [2.45, 2.75) is 12.1 Å². The van der Waals surface area contributed by atoms with Crippen molar-refractivity contribution in [3.63, 3.8) is 0 Å². The van der Waals surface area contributed by atoms with Crippen LogP contribution in [-0.2, 0) is 9.84 Å². The number of likely N-dealkylation sites (N-methyl/N-ethyl adjacent to an activating group) is 1. The highest BCUT2D eigenvalue weighted by atomic mass is 32.2. The number of nitrogens with zero attached hydrogens (tertiary/aromatic N) is 2. The molecule has 1 fully saturated rings. The Kier molecular flexibility index (Phi) is 3.82. The molecule has 0 N–H and O–H groups in total. The summed E-state index contributed by atoms with van der Waals surface area (Å²) in [5, 5.41) is 0. The first-order chi connectivity index (χ1) is 8.48. The molecule has 98 valence electrons. The predicted octanol–water partition coefficient (Wildman–Crippen LogP) is 0.833. The molecule has 0 unspecified atom stereocenters. The smallest absolute Gasteiger partial charge is 0.154 e. The van der Waals surface area contributed by atoms with E-state index in [4.69, 9.17) is 0 Å². The van der Waals surface area contributed by atoms with E-state index >= 15 is 0 Å². The molecule has 2 atom stereocenters. The molecule has 0 spiro atoms. The van der Waals surface area contributed by atoms with E-state index in [1.807, 2.05) is 49.3 Å². The van der Waals surface area contributed by atoms with Gasteiger partial charge in [0.1, 0.15) is 0 Å². The van der Waals surface area contributed by atoms with E-state index in [9.17, 15) is 8.42 Å². The molecule has 1 aromatic rings. The average molecular weight is 266 g/mol. The van der Waals surface area contributed by atoms with Crippen molar-refractivity contribution in [1.82, 2.24) is 4.90 Å². The molecule has 0 bridgehead atoms. The molecule has 0 aromatic heterocycles. The summed E-state index contributed by atoms with van der Waals surface area (Å²) in [6.45, 7) is 0. The number of hydrogen-bond acceptors (Lipinski definition) is 4. The largest absolute Gasteiger partial charge is 0.303 e. The second-order valence-corrected chi connectivity index (χ2v) is 7.02. The third-order valence-corrected chi connectivity index (χ3v) is 4.87. The minimum absolute atomic E-state index is 0.0186. The Labute approximate surface area is 108 Å². The summed E-state index contributed by atoms with van der Waals surface area (Å²) in [7, 11) is 0.849. The van der Waals surface area contributed by atoms with Crippen molar-refractivity contribution >= 4 is 16.1 Å². The Morgan fingerprint density at radius 2 is 1.89 bits per heavy atom. The van der Waals surface area contributed by atoms with E-state index in [0.717, 1.165) is 5.56 Å². The third-order valence-electron chi connectivity index (χ3n) is 3.17. The average Bonchev–Trinajstić information content (AvgIpc) is 2.64. The first kappa shape index (κ1) is 13.2. The summed E-state index contributed by atoms with van der Waals surface area (Å²) in [6.07, 6.45) is 1.77. The van der Waals surface area contributed by atoms with Crippen LogP contribution in [0.15, 0.2) is 35.3 Å². The van der Waals surface area contributed by atoms with Crippen LogP contribution >= 0.6 is 0 Å². The summed E-state index contributed by atoms with van der Waals surface area (Å²) in [6, 6.07) is 9.56. The fourth-order valence-corrected chi connectivity index (χ4v) is 4.17. The quantitative estimate of drug-likeness (QED) is 0.762. The van der Waals surface area contributed by atoms with E-state index in [-0.39, 0.29) is 23.6 Å². The van der Waals surface area contributed by atoms with E-state index in [1.165, 1.54) is 0 Å². The first-order valence-corrected chi connectivity index (χ1v) is 7.75. The lowest BCUT2D eigenvalue weighted by molar-refractivity contribution is 0.297. The van der Waals surface area contributed by atoms with Crippen LogP contribution in [0.2, 0.25) is 0 Å². The zero-order valence-electron chi connectivity index (χ0n) is 10.7. The van der Waals surface area contributed by atoms with Crippen molar-refractivity contribution in [2.75, 3.05) is 25.6 Å². The number of benzene rings is 1. The molecule has 18 heavy (non-hydrogen) atoms. The second-order valence-electron chi connectivity index (χ2n) is 4.86. The molecule has 1 aromatic carbocycles. The monoisotopic (exact) mass is 266 g/mol. The first-order valence-electron chi connectivity index (χ1n) is 5.93. The molecule has 1 aliphatic rings. The number of sulfone groups is 1. The molecule has 5 heteroatoms. The molecule has 0 saturated carbocycles. The summed E-state index contributed by atoms with van der Waals surface area (Å²) in [5.41, 5.74) is 0.999. The minimum atomic E-state index is -2.95. The summed E-state index contributed by atoms with van der Waals surface area (Å²) in [5.74, 6) is 0.357. The van der Waals surface area contributed by atoms with Gasteiger partial charge in [-0.2, -0.15) is 0 Å². The molecule has 1 saturated heterocycles. The second kappa shape index (κ2) is 5.20. The van der Waals surface area contributed by atoms with Crippen molar-refractivity contribution < 1.29 is 8.42 Å². The Hall–Kier alpha value is -1.20. The Morgan fingerprint density at radius 3 is 2.50 bits per heavy atom. The molecule has 0 radical (unpaired) electrons. The van der Waals surface area contributed by atoms with Gasteiger partial charge in [-0.15, -0.1) is 0 Å². The van der Waals surface area contributed by atoms with Crippen LogP contribution < -0.4 is 0 Å². The molecule has 2 rings (SSSR count). The van der Waals surface area contributed by atoms with E-state index in [2.05, 4.69) is 4.99 Å². The molecular weight excluding hydrogens is 248 g/mol. The van der Waals surface area contributed by atoms with Crippen LogP contribution in [0.25, 0.3) is 0 Å². The van der Waals surface area contributed by atoms with Gasteiger partial charge < -0.3 is 4.90 Å². The van der Waals surface area contributed by atoms with Crippen molar-refractivity contribution in [1.29, 1.82) is 0 Å². The van der Waals surface area contributed by atoms with Crippen molar-refractivity contribution in [2.24, 2.45) is 4.99 Å². The molecular formula is C13H18N2O2S. The zero-order valence-corrected chi connectivity index (χ0v) is 11.5. The van der Waals surface area contributed by atoms with Crippen molar-refractivity contribution in [3.05, 3.63) is 35.9 Å². The van der Waals surface area contributed by atoms with Gasteiger partial charge in [0.2, 0.25) is 0 Å². The maximum atomic E-state index is 11.7. The summed E-state index contributed by atoms with van der Waals surface area (Å²) in [4.78, 5) is 6.39. The SMILES string of the molecule is CN(C)[C@@H]1CS(=O)(=O)C[C@H]1N=Cc1ccccc1. The van der Waals surface area contributed by atoms with Gasteiger partial charge in [-0.25, -0.2) is 8.42 Å².